The Morgan fingerprint density at radius 2 is 2.12 bits per heavy atom. The highest BCUT2D eigenvalue weighted by Crippen LogP contribution is 2.32. The van der Waals surface area contributed by atoms with Crippen LogP contribution in [0.4, 0.5) is 0 Å². The number of hydrogen-bond donors (Lipinski definition) is 2. The van der Waals surface area contributed by atoms with E-state index in [1.165, 1.54) is 0 Å². The topological polar surface area (TPSA) is 50.5 Å². The normalized spacial score (nSPS) is 11.0. The minimum absolute atomic E-state index is 0.605. The number of methoxy groups -OCH3 is 1. The molecule has 0 aromatic heterocycles. The first-order chi connectivity index (χ1) is 8.01. The molecule has 0 aliphatic rings. The van der Waals surface area contributed by atoms with Gasteiger partial charge in [0.15, 0.2) is 0 Å². The van der Waals surface area contributed by atoms with Gasteiger partial charge in [0.05, 0.1) is 13.8 Å². The lowest BCUT2D eigenvalue weighted by molar-refractivity contribution is 0.294. The van der Waals surface area contributed by atoms with Gasteiger partial charge >= 0.3 is 0 Å². The maximum Gasteiger partial charge on any atom is 0.123 e. The zero-order valence-corrected chi connectivity index (χ0v) is 11.6. The molecule has 0 radical (unpaired) electrons. The van der Waals surface area contributed by atoms with E-state index in [0.717, 1.165) is 34.0 Å². The minimum atomic E-state index is 0.605. The summed E-state index contributed by atoms with van der Waals surface area (Å²) in [5.74, 6) is 6.17. The van der Waals surface area contributed by atoms with Gasteiger partial charge in [-0.3, -0.25) is 10.7 Å². The maximum absolute atomic E-state index is 6.26. The summed E-state index contributed by atoms with van der Waals surface area (Å²) in [4.78, 5) is 2.05. The summed E-state index contributed by atoms with van der Waals surface area (Å²) in [6.07, 6.45) is 0. The molecule has 0 unspecified atom stereocenters. The molecule has 1 aromatic rings. The van der Waals surface area contributed by atoms with Crippen molar-refractivity contribution in [2.75, 3.05) is 20.8 Å². The van der Waals surface area contributed by atoms with E-state index < -0.39 is 0 Å². The molecule has 0 amide bonds. The third kappa shape index (κ3) is 3.33. The Labute approximate surface area is 108 Å². The Bertz CT molecular complexity index is 396. The Hall–Kier alpha value is -0.810. The Balaban J connectivity index is 3.08. The van der Waals surface area contributed by atoms with Crippen LogP contribution in [0.5, 0.6) is 5.75 Å². The van der Waals surface area contributed by atoms with Crippen molar-refractivity contribution < 1.29 is 4.74 Å². The second-order valence-electron chi connectivity index (χ2n) is 4.19. The van der Waals surface area contributed by atoms with Crippen LogP contribution in [0.25, 0.3) is 0 Å². The van der Waals surface area contributed by atoms with Crippen molar-refractivity contribution in [3.8, 4) is 5.75 Å². The van der Waals surface area contributed by atoms with Crippen molar-refractivity contribution in [1.29, 1.82) is 0 Å². The SMILES string of the molecule is COc1cc(C)c(Cl)c(C)c1CN(C)CNN. The van der Waals surface area contributed by atoms with Crippen LogP contribution in [-0.4, -0.2) is 25.7 Å². The molecule has 4 nitrogen and oxygen atoms in total. The lowest BCUT2D eigenvalue weighted by Crippen LogP contribution is -2.35. The number of aryl methyl sites for hydroxylation is 1. The van der Waals surface area contributed by atoms with Crippen molar-refractivity contribution in [2.24, 2.45) is 5.84 Å². The molecule has 3 N–H and O–H groups in total. The van der Waals surface area contributed by atoms with Gasteiger partial charge in [-0.2, -0.15) is 0 Å². The van der Waals surface area contributed by atoms with E-state index >= 15 is 0 Å². The zero-order valence-electron chi connectivity index (χ0n) is 10.8. The predicted octanol–water partition coefficient (Wildman–Crippen LogP) is 1.82. The number of benzene rings is 1. The van der Waals surface area contributed by atoms with Crippen LogP contribution in [0, 0.1) is 13.8 Å². The van der Waals surface area contributed by atoms with Crippen LogP contribution >= 0.6 is 11.6 Å². The first kappa shape index (κ1) is 14.3. The fourth-order valence-corrected chi connectivity index (χ4v) is 1.99. The van der Waals surface area contributed by atoms with Crippen LogP contribution in [-0.2, 0) is 6.54 Å². The van der Waals surface area contributed by atoms with Crippen LogP contribution in [0.2, 0.25) is 5.02 Å². The average molecular weight is 258 g/mol. The molecule has 17 heavy (non-hydrogen) atoms. The van der Waals surface area contributed by atoms with Gasteiger partial charge in [-0.05, 0) is 38.1 Å². The molecule has 1 rings (SSSR count). The van der Waals surface area contributed by atoms with Gasteiger partial charge in [-0.15, -0.1) is 0 Å². The van der Waals surface area contributed by atoms with Crippen LogP contribution < -0.4 is 16.0 Å². The molecule has 1 aromatic carbocycles. The number of nitrogens with one attached hydrogen (secondary N) is 1. The fraction of sp³-hybridized carbons (Fsp3) is 0.500. The van der Waals surface area contributed by atoms with Gasteiger partial charge in [0.1, 0.15) is 5.75 Å². The molecular formula is C12H20ClN3O. The predicted molar refractivity (Wildman–Crippen MR) is 71.1 cm³/mol. The van der Waals surface area contributed by atoms with E-state index in [9.17, 15) is 0 Å². The Morgan fingerprint density at radius 3 is 2.65 bits per heavy atom. The summed E-state index contributed by atoms with van der Waals surface area (Å²) in [5, 5.41) is 0.801. The minimum Gasteiger partial charge on any atom is -0.496 e. The summed E-state index contributed by atoms with van der Waals surface area (Å²) in [5.41, 5.74) is 5.82. The van der Waals surface area contributed by atoms with Gasteiger partial charge in [0.25, 0.3) is 0 Å². The third-order valence-electron chi connectivity index (χ3n) is 2.78. The standard InChI is InChI=1S/C12H20ClN3O/c1-8-5-11(17-4)10(9(2)12(8)13)6-16(3)7-15-14/h5,15H,6-7,14H2,1-4H3. The first-order valence-corrected chi connectivity index (χ1v) is 5.83. The van der Waals surface area contributed by atoms with E-state index in [2.05, 4.69) is 10.3 Å². The highest BCUT2D eigenvalue weighted by atomic mass is 35.5. The van der Waals surface area contributed by atoms with Crippen LogP contribution in [0.3, 0.4) is 0 Å². The highest BCUT2D eigenvalue weighted by Gasteiger charge is 2.14. The van der Waals surface area contributed by atoms with Crippen molar-refractivity contribution in [3.63, 3.8) is 0 Å². The average Bonchev–Trinajstić information content (AvgIpc) is 2.30. The lowest BCUT2D eigenvalue weighted by Gasteiger charge is -2.21. The molecule has 96 valence electrons. The second kappa shape index (κ2) is 6.21. The maximum atomic E-state index is 6.26. The van der Waals surface area contributed by atoms with Crippen LogP contribution in [0.15, 0.2) is 6.07 Å². The van der Waals surface area contributed by atoms with E-state index in [1.54, 1.807) is 7.11 Å². The highest BCUT2D eigenvalue weighted by molar-refractivity contribution is 6.32. The summed E-state index contributed by atoms with van der Waals surface area (Å²) in [6.45, 7) is 5.33. The molecule has 0 atom stereocenters. The Kier molecular flexibility index (Phi) is 5.21. The second-order valence-corrected chi connectivity index (χ2v) is 4.57. The monoisotopic (exact) mass is 257 g/mol. The largest absolute Gasteiger partial charge is 0.496 e. The molecule has 0 fully saturated rings. The smallest absolute Gasteiger partial charge is 0.123 e. The van der Waals surface area contributed by atoms with E-state index in [4.69, 9.17) is 22.2 Å². The summed E-state index contributed by atoms with van der Waals surface area (Å²) in [6, 6.07) is 1.97. The molecular weight excluding hydrogens is 238 g/mol. The van der Waals surface area contributed by atoms with Crippen LogP contribution in [0.1, 0.15) is 16.7 Å². The number of hydrazine groups is 1. The molecule has 0 saturated carbocycles. The molecule has 5 heteroatoms. The van der Waals surface area contributed by atoms with E-state index in [-0.39, 0.29) is 0 Å². The number of hydrogen-bond acceptors (Lipinski definition) is 4. The third-order valence-corrected chi connectivity index (χ3v) is 3.36. The van der Waals surface area contributed by atoms with Gasteiger partial charge in [-0.25, -0.2) is 5.43 Å². The summed E-state index contributed by atoms with van der Waals surface area (Å²) < 4.78 is 5.40. The van der Waals surface area contributed by atoms with Gasteiger partial charge < -0.3 is 4.74 Å². The number of nitrogens with two attached hydrogens (primary N) is 1. The fourth-order valence-electron chi connectivity index (χ4n) is 1.82. The van der Waals surface area contributed by atoms with Crippen molar-refractivity contribution >= 4 is 11.6 Å². The van der Waals surface area contributed by atoms with Gasteiger partial charge in [-0.1, -0.05) is 11.6 Å². The zero-order chi connectivity index (χ0) is 13.0. The van der Waals surface area contributed by atoms with E-state index in [0.29, 0.717) is 6.67 Å². The quantitative estimate of drug-likeness (QED) is 0.480. The molecule has 0 spiro atoms. The number of nitrogens with zero attached hydrogens (tertiary/aromatic N) is 1. The summed E-state index contributed by atoms with van der Waals surface area (Å²) in [7, 11) is 3.65. The molecule has 0 aliphatic carbocycles. The number of ether oxygens (including phenoxy) is 1. The summed E-state index contributed by atoms with van der Waals surface area (Å²) >= 11 is 6.26. The molecule has 0 aliphatic heterocycles. The number of rotatable bonds is 5. The molecule has 0 saturated heterocycles. The lowest BCUT2D eigenvalue weighted by atomic mass is 10.0. The molecule has 0 heterocycles. The van der Waals surface area contributed by atoms with Gasteiger partial charge in [0, 0.05) is 17.1 Å². The van der Waals surface area contributed by atoms with Crippen molar-refractivity contribution in [3.05, 3.63) is 27.8 Å². The number of halogens is 1. The first-order valence-electron chi connectivity index (χ1n) is 5.45. The van der Waals surface area contributed by atoms with E-state index in [1.807, 2.05) is 27.0 Å². The van der Waals surface area contributed by atoms with Crippen molar-refractivity contribution in [2.45, 2.75) is 20.4 Å². The Morgan fingerprint density at radius 1 is 1.47 bits per heavy atom. The van der Waals surface area contributed by atoms with Crippen molar-refractivity contribution in [1.82, 2.24) is 10.3 Å². The molecule has 0 bridgehead atoms. The van der Waals surface area contributed by atoms with Gasteiger partial charge in [0.2, 0.25) is 0 Å².